The van der Waals surface area contributed by atoms with E-state index in [9.17, 15) is 4.79 Å². The number of carbonyl (C=O) groups is 1. The van der Waals surface area contributed by atoms with Gasteiger partial charge in [-0.3, -0.25) is 4.79 Å². The van der Waals surface area contributed by atoms with Gasteiger partial charge in [0.05, 0.1) is 12.6 Å². The molecule has 1 heterocycles. The molecule has 1 unspecified atom stereocenters. The average Bonchev–Trinajstić information content (AvgIpc) is 2.78. The van der Waals surface area contributed by atoms with E-state index in [4.69, 9.17) is 21.7 Å². The molecule has 0 saturated heterocycles. The van der Waals surface area contributed by atoms with Gasteiger partial charge < -0.3 is 19.7 Å². The van der Waals surface area contributed by atoms with Gasteiger partial charge in [0.25, 0.3) is 0 Å². The van der Waals surface area contributed by atoms with Gasteiger partial charge in [-0.15, -0.1) is 0 Å². The lowest BCUT2D eigenvalue weighted by Crippen LogP contribution is -2.47. The molecule has 0 bridgehead atoms. The number of nitrogens with one attached hydrogen (secondary N) is 1. The number of allylic oxidation sites excluding steroid dienone is 1. The highest BCUT2D eigenvalue weighted by atomic mass is 32.1. The Bertz CT molecular complexity index is 1090. The third-order valence-corrected chi connectivity index (χ3v) is 6.58. The zero-order chi connectivity index (χ0) is 22.8. The van der Waals surface area contributed by atoms with Crippen molar-refractivity contribution in [3.8, 4) is 11.5 Å². The second-order valence-electron chi connectivity index (χ2n) is 8.44. The first-order valence-corrected chi connectivity index (χ1v) is 11.6. The molecule has 2 aliphatic rings. The van der Waals surface area contributed by atoms with Crippen molar-refractivity contribution in [1.29, 1.82) is 0 Å². The van der Waals surface area contributed by atoms with Crippen LogP contribution in [0, 0.1) is 13.8 Å². The molecule has 1 aliphatic carbocycles. The topological polar surface area (TPSA) is 50.8 Å². The number of ketones is 1. The minimum absolute atomic E-state index is 0.186. The second-order valence-corrected chi connectivity index (χ2v) is 8.82. The molecule has 4 rings (SSSR count). The van der Waals surface area contributed by atoms with Crippen LogP contribution in [-0.2, 0) is 11.4 Å². The van der Waals surface area contributed by atoms with Crippen LogP contribution in [0.5, 0.6) is 11.5 Å². The van der Waals surface area contributed by atoms with E-state index in [-0.39, 0.29) is 11.8 Å². The smallest absolute Gasteiger partial charge is 0.173 e. The molecule has 0 saturated carbocycles. The fourth-order valence-corrected chi connectivity index (χ4v) is 4.62. The number of hydrogen-bond acceptors (Lipinski definition) is 4. The summed E-state index contributed by atoms with van der Waals surface area (Å²) in [5.41, 5.74) is 6.36. The number of hydrogen-bond donors (Lipinski definition) is 1. The summed E-state index contributed by atoms with van der Waals surface area (Å²) in [7, 11) is 1.93. The number of carbonyl (C=O) groups excluding carboxylic acids is 1. The highest BCUT2D eigenvalue weighted by molar-refractivity contribution is 7.80. The standard InChI is InChI=1S/C26H30N2O3S/c1-5-30-23-14-18(11-12-22(23)31-15-19-13-16(2)9-10-17(19)3)25-24-20(7-6-8-21(24)29)28(4)26(32)27-25/h9-14,25H,5-8,15H2,1-4H3,(H,27,32). The lowest BCUT2D eigenvalue weighted by Gasteiger charge is -2.39. The van der Waals surface area contributed by atoms with Gasteiger partial charge in [0, 0.05) is 24.7 Å². The number of nitrogens with zero attached hydrogens (tertiary/aromatic N) is 1. The van der Waals surface area contributed by atoms with Gasteiger partial charge >= 0.3 is 0 Å². The van der Waals surface area contributed by atoms with Crippen molar-refractivity contribution >= 4 is 23.1 Å². The number of aryl methyl sites for hydroxylation is 2. The van der Waals surface area contributed by atoms with Crippen molar-refractivity contribution in [2.45, 2.75) is 52.7 Å². The Hall–Kier alpha value is -2.86. The van der Waals surface area contributed by atoms with E-state index in [1.165, 1.54) is 11.1 Å². The molecule has 2 aromatic carbocycles. The lowest BCUT2D eigenvalue weighted by atomic mass is 9.85. The molecule has 2 aromatic rings. The SMILES string of the molecule is CCOc1cc(C2NC(=S)N(C)C3=C2C(=O)CCC3)ccc1OCc1cc(C)ccc1C. The van der Waals surface area contributed by atoms with Crippen LogP contribution in [0.1, 0.15) is 54.5 Å². The van der Waals surface area contributed by atoms with Crippen molar-refractivity contribution in [3.63, 3.8) is 0 Å². The first kappa shape index (κ1) is 22.3. The van der Waals surface area contributed by atoms with Gasteiger partial charge in [-0.05, 0) is 74.7 Å². The van der Waals surface area contributed by atoms with Crippen LogP contribution < -0.4 is 14.8 Å². The molecular formula is C26H30N2O3S. The molecule has 32 heavy (non-hydrogen) atoms. The summed E-state index contributed by atoms with van der Waals surface area (Å²) in [6.07, 6.45) is 2.31. The average molecular weight is 451 g/mol. The van der Waals surface area contributed by atoms with Crippen molar-refractivity contribution in [1.82, 2.24) is 10.2 Å². The molecule has 6 heteroatoms. The number of Topliss-reactive ketones (excluding diaryl/α,β-unsaturated/α-hetero) is 1. The van der Waals surface area contributed by atoms with Crippen molar-refractivity contribution in [3.05, 3.63) is 69.9 Å². The maximum atomic E-state index is 12.8. The monoisotopic (exact) mass is 450 g/mol. The first-order valence-electron chi connectivity index (χ1n) is 11.1. The zero-order valence-electron chi connectivity index (χ0n) is 19.2. The normalized spacial score (nSPS) is 18.4. The van der Waals surface area contributed by atoms with E-state index in [0.29, 0.717) is 36.2 Å². The van der Waals surface area contributed by atoms with Gasteiger partial charge in [-0.2, -0.15) is 0 Å². The highest BCUT2D eigenvalue weighted by Gasteiger charge is 2.36. The molecule has 0 amide bonds. The van der Waals surface area contributed by atoms with E-state index >= 15 is 0 Å². The third-order valence-electron chi connectivity index (χ3n) is 6.18. The Morgan fingerprint density at radius 1 is 1.09 bits per heavy atom. The molecule has 0 radical (unpaired) electrons. The summed E-state index contributed by atoms with van der Waals surface area (Å²) >= 11 is 5.55. The quantitative estimate of drug-likeness (QED) is 0.615. The van der Waals surface area contributed by atoms with Crippen LogP contribution in [0.3, 0.4) is 0 Å². The summed E-state index contributed by atoms with van der Waals surface area (Å²) in [5.74, 6) is 1.55. The van der Waals surface area contributed by atoms with Gasteiger partial charge in [0.2, 0.25) is 0 Å². The Morgan fingerprint density at radius 3 is 2.69 bits per heavy atom. The van der Waals surface area contributed by atoms with Crippen LogP contribution in [-0.4, -0.2) is 29.5 Å². The van der Waals surface area contributed by atoms with E-state index < -0.39 is 0 Å². The minimum Gasteiger partial charge on any atom is -0.490 e. The summed E-state index contributed by atoms with van der Waals surface area (Å²) in [6, 6.07) is 12.0. The zero-order valence-corrected chi connectivity index (χ0v) is 20.0. The Labute approximate surface area is 195 Å². The summed E-state index contributed by atoms with van der Waals surface area (Å²) in [6.45, 7) is 7.12. The van der Waals surface area contributed by atoms with Crippen molar-refractivity contribution in [2.24, 2.45) is 0 Å². The number of benzene rings is 2. The molecule has 1 atom stereocenters. The molecule has 0 aromatic heterocycles. The van der Waals surface area contributed by atoms with Crippen LogP contribution in [0.2, 0.25) is 0 Å². The van der Waals surface area contributed by atoms with Gasteiger partial charge in [-0.25, -0.2) is 0 Å². The molecule has 1 N–H and O–H groups in total. The van der Waals surface area contributed by atoms with Crippen LogP contribution in [0.15, 0.2) is 47.7 Å². The van der Waals surface area contributed by atoms with E-state index in [2.05, 4.69) is 37.4 Å². The maximum Gasteiger partial charge on any atom is 0.173 e. The molecule has 168 valence electrons. The summed E-state index contributed by atoms with van der Waals surface area (Å²) in [4.78, 5) is 14.8. The van der Waals surface area contributed by atoms with Crippen molar-refractivity contribution in [2.75, 3.05) is 13.7 Å². The largest absolute Gasteiger partial charge is 0.490 e. The predicted octanol–water partition coefficient (Wildman–Crippen LogP) is 5.15. The number of rotatable bonds is 6. The summed E-state index contributed by atoms with van der Waals surface area (Å²) in [5, 5.41) is 3.99. The maximum absolute atomic E-state index is 12.8. The first-order chi connectivity index (χ1) is 15.4. The minimum atomic E-state index is -0.270. The third kappa shape index (κ3) is 4.37. The van der Waals surface area contributed by atoms with E-state index in [1.54, 1.807) is 0 Å². The number of thiocarbonyl (C=S) groups is 1. The second kappa shape index (κ2) is 9.33. The highest BCUT2D eigenvalue weighted by Crippen LogP contribution is 2.39. The Kier molecular flexibility index (Phi) is 6.51. The Morgan fingerprint density at radius 2 is 1.91 bits per heavy atom. The molecule has 0 fully saturated rings. The van der Waals surface area contributed by atoms with Crippen LogP contribution in [0.25, 0.3) is 0 Å². The van der Waals surface area contributed by atoms with Crippen LogP contribution in [0.4, 0.5) is 0 Å². The molecule has 1 aliphatic heterocycles. The molecular weight excluding hydrogens is 420 g/mol. The predicted molar refractivity (Wildman–Crippen MR) is 130 cm³/mol. The van der Waals surface area contributed by atoms with Gasteiger partial charge in [-0.1, -0.05) is 29.8 Å². The van der Waals surface area contributed by atoms with E-state index in [1.807, 2.05) is 37.1 Å². The molecule has 0 spiro atoms. The van der Waals surface area contributed by atoms with Gasteiger partial charge in [0.15, 0.2) is 22.4 Å². The van der Waals surface area contributed by atoms with E-state index in [0.717, 1.165) is 35.2 Å². The molecule has 5 nitrogen and oxygen atoms in total. The summed E-state index contributed by atoms with van der Waals surface area (Å²) < 4.78 is 12.1. The lowest BCUT2D eigenvalue weighted by molar-refractivity contribution is -0.116. The van der Waals surface area contributed by atoms with Gasteiger partial charge in [0.1, 0.15) is 6.61 Å². The Balaban J connectivity index is 1.65. The fraction of sp³-hybridized carbons (Fsp3) is 0.385. The van der Waals surface area contributed by atoms with Crippen LogP contribution >= 0.6 is 12.2 Å². The van der Waals surface area contributed by atoms with Crippen molar-refractivity contribution < 1.29 is 14.3 Å². The fourth-order valence-electron chi connectivity index (χ4n) is 4.39. The number of ether oxygens (including phenoxy) is 2.